The van der Waals surface area contributed by atoms with Crippen molar-refractivity contribution in [2.45, 2.75) is 0 Å². The van der Waals surface area contributed by atoms with Gasteiger partial charge in [0.2, 0.25) is 5.88 Å². The van der Waals surface area contributed by atoms with Gasteiger partial charge >= 0.3 is 0 Å². The standard InChI is InChI=1S/C7H6INO2/c1-11-7-3-2-5(8)6(4-10)9-7/h2-4H,1H3. The van der Waals surface area contributed by atoms with Gasteiger partial charge in [0.1, 0.15) is 5.69 Å². The number of hydrogen-bond acceptors (Lipinski definition) is 3. The Morgan fingerprint density at radius 2 is 2.36 bits per heavy atom. The van der Waals surface area contributed by atoms with Gasteiger partial charge in [-0.25, -0.2) is 4.98 Å². The second-order valence-corrected chi connectivity index (χ2v) is 3.00. The highest BCUT2D eigenvalue weighted by Crippen LogP contribution is 2.12. The van der Waals surface area contributed by atoms with Crippen LogP contribution in [0.25, 0.3) is 0 Å². The number of halogens is 1. The van der Waals surface area contributed by atoms with Crippen LogP contribution in [0.3, 0.4) is 0 Å². The van der Waals surface area contributed by atoms with E-state index in [-0.39, 0.29) is 0 Å². The van der Waals surface area contributed by atoms with E-state index in [4.69, 9.17) is 4.74 Å². The molecule has 0 atom stereocenters. The van der Waals surface area contributed by atoms with Gasteiger partial charge in [-0.05, 0) is 28.7 Å². The molecule has 0 aromatic carbocycles. The van der Waals surface area contributed by atoms with E-state index in [0.717, 1.165) is 3.57 Å². The number of carbonyl (C=O) groups excluding carboxylic acids is 1. The molecule has 1 aromatic rings. The largest absolute Gasteiger partial charge is 0.481 e. The van der Waals surface area contributed by atoms with E-state index in [1.165, 1.54) is 7.11 Å². The van der Waals surface area contributed by atoms with Crippen LogP contribution in [0.4, 0.5) is 0 Å². The van der Waals surface area contributed by atoms with Crippen molar-refractivity contribution in [1.82, 2.24) is 4.98 Å². The van der Waals surface area contributed by atoms with Crippen LogP contribution >= 0.6 is 22.6 Å². The molecule has 0 unspecified atom stereocenters. The molecule has 0 spiro atoms. The maximum absolute atomic E-state index is 10.4. The molecule has 0 aliphatic rings. The molecule has 0 aliphatic heterocycles. The molecule has 1 rings (SSSR count). The minimum atomic E-state index is 0.421. The Labute approximate surface area is 77.9 Å². The van der Waals surface area contributed by atoms with Gasteiger partial charge in [-0.3, -0.25) is 4.79 Å². The van der Waals surface area contributed by atoms with Crippen LogP contribution in [-0.2, 0) is 0 Å². The maximum atomic E-state index is 10.4. The number of nitrogens with zero attached hydrogens (tertiary/aromatic N) is 1. The molecule has 58 valence electrons. The zero-order valence-corrected chi connectivity index (χ0v) is 8.03. The van der Waals surface area contributed by atoms with Crippen LogP contribution < -0.4 is 4.74 Å². The van der Waals surface area contributed by atoms with E-state index in [2.05, 4.69) is 4.98 Å². The third-order valence-electron chi connectivity index (χ3n) is 1.17. The Balaban J connectivity index is 3.12. The number of aromatic nitrogens is 1. The van der Waals surface area contributed by atoms with Crippen molar-refractivity contribution < 1.29 is 9.53 Å². The fraction of sp³-hybridized carbons (Fsp3) is 0.143. The van der Waals surface area contributed by atoms with E-state index in [0.29, 0.717) is 17.9 Å². The van der Waals surface area contributed by atoms with Gasteiger partial charge in [-0.1, -0.05) is 0 Å². The lowest BCUT2D eigenvalue weighted by molar-refractivity contribution is 0.111. The SMILES string of the molecule is COc1ccc(I)c(C=O)n1. The summed E-state index contributed by atoms with van der Waals surface area (Å²) in [6.45, 7) is 0. The fourth-order valence-electron chi connectivity index (χ4n) is 0.636. The van der Waals surface area contributed by atoms with Gasteiger partial charge in [0.25, 0.3) is 0 Å². The van der Waals surface area contributed by atoms with E-state index in [1.54, 1.807) is 12.1 Å². The Morgan fingerprint density at radius 1 is 1.64 bits per heavy atom. The summed E-state index contributed by atoms with van der Waals surface area (Å²) in [6.07, 6.45) is 0.713. The van der Waals surface area contributed by atoms with E-state index >= 15 is 0 Å². The maximum Gasteiger partial charge on any atom is 0.213 e. The minimum absolute atomic E-state index is 0.421. The van der Waals surface area contributed by atoms with Gasteiger partial charge in [0, 0.05) is 9.64 Å². The Hall–Kier alpha value is -0.650. The predicted molar refractivity (Wildman–Crippen MR) is 48.9 cm³/mol. The molecular weight excluding hydrogens is 257 g/mol. The first-order valence-electron chi connectivity index (χ1n) is 2.93. The Bertz CT molecular complexity index is 275. The molecular formula is C7H6INO2. The van der Waals surface area contributed by atoms with Crippen LogP contribution in [0.2, 0.25) is 0 Å². The zero-order valence-electron chi connectivity index (χ0n) is 5.87. The second-order valence-electron chi connectivity index (χ2n) is 1.84. The molecule has 1 heterocycles. The molecule has 0 radical (unpaired) electrons. The van der Waals surface area contributed by atoms with Crippen LogP contribution in [-0.4, -0.2) is 18.4 Å². The summed E-state index contributed by atoms with van der Waals surface area (Å²) in [5.74, 6) is 0.465. The van der Waals surface area contributed by atoms with Crippen molar-refractivity contribution >= 4 is 28.9 Å². The van der Waals surface area contributed by atoms with E-state index < -0.39 is 0 Å². The van der Waals surface area contributed by atoms with Crippen molar-refractivity contribution in [2.75, 3.05) is 7.11 Å². The lowest BCUT2D eigenvalue weighted by Crippen LogP contribution is -1.94. The van der Waals surface area contributed by atoms with Gasteiger partial charge in [-0.2, -0.15) is 0 Å². The van der Waals surface area contributed by atoms with Crippen molar-refractivity contribution in [3.8, 4) is 5.88 Å². The molecule has 1 aromatic heterocycles. The highest BCUT2D eigenvalue weighted by Gasteiger charge is 2.00. The van der Waals surface area contributed by atoms with E-state index in [9.17, 15) is 4.79 Å². The first kappa shape index (κ1) is 8.45. The first-order chi connectivity index (χ1) is 5.27. The predicted octanol–water partition coefficient (Wildman–Crippen LogP) is 1.51. The Kier molecular flexibility index (Phi) is 2.81. The molecule has 0 aliphatic carbocycles. The molecule has 0 saturated heterocycles. The van der Waals surface area contributed by atoms with Crippen molar-refractivity contribution in [1.29, 1.82) is 0 Å². The minimum Gasteiger partial charge on any atom is -0.481 e. The quantitative estimate of drug-likeness (QED) is 0.599. The molecule has 0 amide bonds. The number of ether oxygens (including phenoxy) is 1. The normalized spacial score (nSPS) is 9.27. The monoisotopic (exact) mass is 263 g/mol. The molecule has 4 heteroatoms. The lowest BCUT2D eigenvalue weighted by atomic mass is 10.4. The summed E-state index contributed by atoms with van der Waals surface area (Å²) in [5, 5.41) is 0. The number of carbonyl (C=O) groups is 1. The van der Waals surface area contributed by atoms with Gasteiger partial charge in [-0.15, -0.1) is 0 Å². The highest BCUT2D eigenvalue weighted by atomic mass is 127. The van der Waals surface area contributed by atoms with Crippen molar-refractivity contribution in [2.24, 2.45) is 0 Å². The summed E-state index contributed by atoms with van der Waals surface area (Å²) < 4.78 is 5.67. The van der Waals surface area contributed by atoms with Crippen molar-refractivity contribution in [3.05, 3.63) is 21.4 Å². The third kappa shape index (κ3) is 1.89. The average molecular weight is 263 g/mol. The van der Waals surface area contributed by atoms with Crippen LogP contribution in [0.5, 0.6) is 5.88 Å². The summed E-state index contributed by atoms with van der Waals surface area (Å²) in [6, 6.07) is 3.50. The number of aldehydes is 1. The molecule has 0 saturated carbocycles. The van der Waals surface area contributed by atoms with E-state index in [1.807, 2.05) is 22.6 Å². The zero-order chi connectivity index (χ0) is 8.27. The lowest BCUT2D eigenvalue weighted by Gasteiger charge is -1.99. The summed E-state index contributed by atoms with van der Waals surface area (Å²) >= 11 is 2.04. The summed E-state index contributed by atoms with van der Waals surface area (Å²) in [4.78, 5) is 14.3. The third-order valence-corrected chi connectivity index (χ3v) is 2.08. The fourth-order valence-corrected chi connectivity index (χ4v) is 1.06. The topological polar surface area (TPSA) is 39.2 Å². The highest BCUT2D eigenvalue weighted by molar-refractivity contribution is 14.1. The van der Waals surface area contributed by atoms with Gasteiger partial charge in [0.05, 0.1) is 7.11 Å². The number of hydrogen-bond donors (Lipinski definition) is 0. The first-order valence-corrected chi connectivity index (χ1v) is 4.01. The van der Waals surface area contributed by atoms with Crippen molar-refractivity contribution in [3.63, 3.8) is 0 Å². The second kappa shape index (κ2) is 3.66. The molecule has 0 bridgehead atoms. The van der Waals surface area contributed by atoms with Crippen LogP contribution in [0, 0.1) is 3.57 Å². The Morgan fingerprint density at radius 3 is 2.91 bits per heavy atom. The average Bonchev–Trinajstić information content (AvgIpc) is 2.05. The molecule has 11 heavy (non-hydrogen) atoms. The smallest absolute Gasteiger partial charge is 0.213 e. The molecule has 0 fully saturated rings. The van der Waals surface area contributed by atoms with Crippen LogP contribution in [0.1, 0.15) is 10.5 Å². The molecule has 3 nitrogen and oxygen atoms in total. The number of methoxy groups -OCH3 is 1. The number of pyridine rings is 1. The number of rotatable bonds is 2. The van der Waals surface area contributed by atoms with Crippen LogP contribution in [0.15, 0.2) is 12.1 Å². The summed E-state index contributed by atoms with van der Waals surface area (Å²) in [5.41, 5.74) is 0.421. The molecule has 0 N–H and O–H groups in total. The summed E-state index contributed by atoms with van der Waals surface area (Å²) in [7, 11) is 1.52. The van der Waals surface area contributed by atoms with Gasteiger partial charge in [0.15, 0.2) is 6.29 Å². The van der Waals surface area contributed by atoms with Gasteiger partial charge < -0.3 is 4.74 Å².